The van der Waals surface area contributed by atoms with Gasteiger partial charge in [-0.3, -0.25) is 0 Å². The molecular formula is C22H31N. The largest absolute Gasteiger partial charge is 0.344 e. The Morgan fingerprint density at radius 1 is 0.652 bits per heavy atom. The molecule has 0 atom stereocenters. The molecule has 0 aromatic heterocycles. The van der Waals surface area contributed by atoms with Crippen molar-refractivity contribution in [2.24, 2.45) is 0 Å². The third kappa shape index (κ3) is 3.15. The van der Waals surface area contributed by atoms with E-state index in [-0.39, 0.29) is 5.41 Å². The van der Waals surface area contributed by atoms with Crippen molar-refractivity contribution in [1.29, 1.82) is 0 Å². The monoisotopic (exact) mass is 309 g/mol. The van der Waals surface area contributed by atoms with Gasteiger partial charge in [0.25, 0.3) is 0 Å². The fourth-order valence-corrected chi connectivity index (χ4v) is 3.30. The summed E-state index contributed by atoms with van der Waals surface area (Å²) in [5.74, 6) is 0. The van der Waals surface area contributed by atoms with Crippen molar-refractivity contribution in [3.63, 3.8) is 0 Å². The number of rotatable bonds is 2. The quantitative estimate of drug-likeness (QED) is 0.629. The van der Waals surface area contributed by atoms with Crippen LogP contribution >= 0.6 is 0 Å². The van der Waals surface area contributed by atoms with Crippen molar-refractivity contribution in [3.05, 3.63) is 57.6 Å². The van der Waals surface area contributed by atoms with Crippen LogP contribution in [0.15, 0.2) is 24.3 Å². The van der Waals surface area contributed by atoms with Crippen molar-refractivity contribution >= 4 is 11.4 Å². The second kappa shape index (κ2) is 6.03. The molecule has 1 nitrogen and oxygen atoms in total. The Labute approximate surface area is 142 Å². The Morgan fingerprint density at radius 3 is 1.43 bits per heavy atom. The first kappa shape index (κ1) is 17.6. The minimum atomic E-state index is 0.194. The van der Waals surface area contributed by atoms with E-state index in [9.17, 15) is 0 Å². The zero-order valence-corrected chi connectivity index (χ0v) is 16.3. The fraction of sp³-hybridized carbons (Fsp3) is 0.455. The van der Waals surface area contributed by atoms with E-state index in [4.69, 9.17) is 0 Å². The van der Waals surface area contributed by atoms with E-state index in [1.165, 1.54) is 44.8 Å². The second-order valence-electron chi connectivity index (χ2n) is 7.83. The molecule has 2 rings (SSSR count). The van der Waals surface area contributed by atoms with E-state index in [1.54, 1.807) is 0 Å². The lowest BCUT2D eigenvalue weighted by atomic mass is 9.87. The molecule has 1 heteroatoms. The summed E-state index contributed by atoms with van der Waals surface area (Å²) in [4.78, 5) is 2.33. The molecule has 23 heavy (non-hydrogen) atoms. The Hall–Kier alpha value is -1.76. The smallest absolute Gasteiger partial charge is 0.0473 e. The van der Waals surface area contributed by atoms with Crippen LogP contribution in [0.2, 0.25) is 0 Å². The minimum absolute atomic E-state index is 0.194. The van der Waals surface area contributed by atoms with Crippen molar-refractivity contribution in [2.75, 3.05) is 11.9 Å². The summed E-state index contributed by atoms with van der Waals surface area (Å²) in [6.45, 7) is 17.9. The van der Waals surface area contributed by atoms with Crippen molar-refractivity contribution in [1.82, 2.24) is 0 Å². The molecule has 124 valence electrons. The SMILES string of the molecule is Cc1c(C)c(C)c(N(C)c2ccc(C(C)(C)C)cc2)c(C)c1C. The van der Waals surface area contributed by atoms with Crippen LogP contribution in [-0.2, 0) is 5.41 Å². The lowest BCUT2D eigenvalue weighted by Gasteiger charge is -2.28. The number of anilines is 2. The van der Waals surface area contributed by atoms with Crippen molar-refractivity contribution in [3.8, 4) is 0 Å². The van der Waals surface area contributed by atoms with Crippen LogP contribution in [-0.4, -0.2) is 7.05 Å². The maximum absolute atomic E-state index is 2.33. The highest BCUT2D eigenvalue weighted by Gasteiger charge is 2.18. The third-order valence-electron chi connectivity index (χ3n) is 5.42. The molecule has 0 aliphatic carbocycles. The van der Waals surface area contributed by atoms with Crippen LogP contribution in [0.3, 0.4) is 0 Å². The average Bonchev–Trinajstić information content (AvgIpc) is 2.50. The van der Waals surface area contributed by atoms with Gasteiger partial charge in [0.2, 0.25) is 0 Å². The van der Waals surface area contributed by atoms with Gasteiger partial charge in [-0.25, -0.2) is 0 Å². The topological polar surface area (TPSA) is 3.24 Å². The molecule has 0 spiro atoms. The van der Waals surface area contributed by atoms with Gasteiger partial charge in [0.1, 0.15) is 0 Å². The van der Waals surface area contributed by atoms with Crippen LogP contribution in [0.25, 0.3) is 0 Å². The Balaban J connectivity index is 2.51. The molecule has 0 fully saturated rings. The van der Waals surface area contributed by atoms with Crippen LogP contribution in [0.4, 0.5) is 11.4 Å². The summed E-state index contributed by atoms with van der Waals surface area (Å²) in [5, 5.41) is 0. The van der Waals surface area contributed by atoms with Crippen LogP contribution in [0.1, 0.15) is 54.2 Å². The highest BCUT2D eigenvalue weighted by atomic mass is 15.1. The number of hydrogen-bond acceptors (Lipinski definition) is 1. The number of benzene rings is 2. The maximum Gasteiger partial charge on any atom is 0.0473 e. The first-order chi connectivity index (χ1) is 10.6. The van der Waals surface area contributed by atoms with Gasteiger partial charge in [0, 0.05) is 18.4 Å². The van der Waals surface area contributed by atoms with E-state index < -0.39 is 0 Å². The molecule has 0 aliphatic rings. The molecule has 0 bridgehead atoms. The summed E-state index contributed by atoms with van der Waals surface area (Å²) in [6, 6.07) is 8.99. The molecule has 0 saturated heterocycles. The van der Waals surface area contributed by atoms with Gasteiger partial charge in [0.15, 0.2) is 0 Å². The van der Waals surface area contributed by atoms with Crippen LogP contribution in [0.5, 0.6) is 0 Å². The Kier molecular flexibility index (Phi) is 4.61. The van der Waals surface area contributed by atoms with E-state index in [1.807, 2.05) is 0 Å². The number of hydrogen-bond donors (Lipinski definition) is 0. The van der Waals surface area contributed by atoms with Gasteiger partial charge in [-0.1, -0.05) is 32.9 Å². The summed E-state index contributed by atoms with van der Waals surface area (Å²) >= 11 is 0. The van der Waals surface area contributed by atoms with Crippen LogP contribution < -0.4 is 4.90 Å². The van der Waals surface area contributed by atoms with Gasteiger partial charge in [-0.05, 0) is 85.5 Å². The normalized spacial score (nSPS) is 11.7. The molecule has 0 unspecified atom stereocenters. The van der Waals surface area contributed by atoms with Crippen LogP contribution in [0, 0.1) is 34.6 Å². The van der Waals surface area contributed by atoms with Gasteiger partial charge >= 0.3 is 0 Å². The van der Waals surface area contributed by atoms with Crippen molar-refractivity contribution in [2.45, 2.75) is 60.8 Å². The summed E-state index contributed by atoms with van der Waals surface area (Å²) in [5.41, 5.74) is 11.1. The standard InChI is InChI=1S/C22H31N/c1-14-15(2)17(4)21(18(5)16(14)3)23(9)20-12-10-19(11-13-20)22(6,7)8/h10-13H,1-9H3. The van der Waals surface area contributed by atoms with Gasteiger partial charge in [0.05, 0.1) is 0 Å². The maximum atomic E-state index is 2.33. The molecule has 0 heterocycles. The summed E-state index contributed by atoms with van der Waals surface area (Å²) < 4.78 is 0. The first-order valence-corrected chi connectivity index (χ1v) is 8.47. The molecule has 0 saturated carbocycles. The Bertz CT molecular complexity index is 686. The first-order valence-electron chi connectivity index (χ1n) is 8.47. The predicted molar refractivity (Wildman–Crippen MR) is 103 cm³/mol. The fourth-order valence-electron chi connectivity index (χ4n) is 3.30. The lowest BCUT2D eigenvalue weighted by molar-refractivity contribution is 0.590. The second-order valence-corrected chi connectivity index (χ2v) is 7.83. The highest BCUT2D eigenvalue weighted by Crippen LogP contribution is 2.36. The van der Waals surface area contributed by atoms with Gasteiger partial charge in [-0.2, -0.15) is 0 Å². The lowest BCUT2D eigenvalue weighted by Crippen LogP contribution is -2.16. The summed E-state index contributed by atoms with van der Waals surface area (Å²) in [7, 11) is 2.18. The predicted octanol–water partition coefficient (Wildman–Crippen LogP) is 6.29. The summed E-state index contributed by atoms with van der Waals surface area (Å²) in [6.07, 6.45) is 0. The van der Waals surface area contributed by atoms with Crippen molar-refractivity contribution < 1.29 is 0 Å². The molecule has 0 N–H and O–H groups in total. The third-order valence-corrected chi connectivity index (χ3v) is 5.42. The van der Waals surface area contributed by atoms with Gasteiger partial charge in [-0.15, -0.1) is 0 Å². The van der Waals surface area contributed by atoms with E-state index in [2.05, 4.69) is 91.6 Å². The van der Waals surface area contributed by atoms with E-state index >= 15 is 0 Å². The molecule has 0 radical (unpaired) electrons. The highest BCUT2D eigenvalue weighted by molar-refractivity contribution is 5.73. The van der Waals surface area contributed by atoms with E-state index in [0.29, 0.717) is 0 Å². The molecule has 2 aromatic rings. The minimum Gasteiger partial charge on any atom is -0.344 e. The molecular weight excluding hydrogens is 278 g/mol. The molecule has 0 amide bonds. The van der Waals surface area contributed by atoms with E-state index in [0.717, 1.165) is 0 Å². The molecule has 0 aliphatic heterocycles. The Morgan fingerprint density at radius 2 is 1.04 bits per heavy atom. The molecule has 2 aromatic carbocycles. The average molecular weight is 309 g/mol. The van der Waals surface area contributed by atoms with Gasteiger partial charge < -0.3 is 4.90 Å². The number of nitrogens with zero attached hydrogens (tertiary/aromatic N) is 1. The zero-order valence-electron chi connectivity index (χ0n) is 16.3. The zero-order chi connectivity index (χ0) is 17.5.